The Morgan fingerprint density at radius 3 is 2.75 bits per heavy atom. The number of nitrogens with zero attached hydrogens (tertiary/aromatic N) is 1. The number of nitrogen functional groups attached to an aromatic ring is 1. The number of allylic oxidation sites excluding steroid dienone is 1. The van der Waals surface area contributed by atoms with Crippen LogP contribution in [0.5, 0.6) is 11.5 Å². The molecule has 0 spiro atoms. The van der Waals surface area contributed by atoms with E-state index in [4.69, 9.17) is 20.9 Å². The van der Waals surface area contributed by atoms with E-state index in [9.17, 15) is 5.26 Å². The summed E-state index contributed by atoms with van der Waals surface area (Å²) in [6.07, 6.45) is 1.67. The van der Waals surface area contributed by atoms with Gasteiger partial charge in [-0.05, 0) is 12.1 Å². The van der Waals surface area contributed by atoms with Crippen molar-refractivity contribution >= 4 is 5.69 Å². The van der Waals surface area contributed by atoms with Gasteiger partial charge in [-0.3, -0.25) is 0 Å². The first-order chi connectivity index (χ1) is 11.7. The summed E-state index contributed by atoms with van der Waals surface area (Å²) >= 11 is 0. The van der Waals surface area contributed by atoms with E-state index in [1.54, 1.807) is 18.2 Å². The molecule has 1 heterocycles. The van der Waals surface area contributed by atoms with Crippen LogP contribution < -0.4 is 20.9 Å². The highest BCUT2D eigenvalue weighted by atomic mass is 16.5. The van der Waals surface area contributed by atoms with Crippen LogP contribution in [0.25, 0.3) is 0 Å². The van der Waals surface area contributed by atoms with Gasteiger partial charge in [0.2, 0.25) is 5.88 Å². The maximum Gasteiger partial charge on any atom is 0.205 e. The Bertz CT molecular complexity index is 865. The molecule has 0 amide bonds. The number of nitriles is 1. The Kier molecular flexibility index (Phi) is 4.13. The average Bonchev–Trinajstić information content (AvgIpc) is 2.59. The van der Waals surface area contributed by atoms with Crippen LogP contribution in [0, 0.1) is 11.3 Å². The number of hydrogen-bond acceptors (Lipinski definition) is 5. The van der Waals surface area contributed by atoms with Gasteiger partial charge in [0, 0.05) is 22.9 Å². The van der Waals surface area contributed by atoms with Gasteiger partial charge in [0.25, 0.3) is 0 Å². The molecule has 0 saturated carbocycles. The lowest BCUT2D eigenvalue weighted by molar-refractivity contribution is 0.355. The zero-order chi connectivity index (χ0) is 17.1. The molecule has 5 nitrogen and oxygen atoms in total. The summed E-state index contributed by atoms with van der Waals surface area (Å²) in [7, 11) is 0. The zero-order valence-electron chi connectivity index (χ0n) is 13.0. The zero-order valence-corrected chi connectivity index (χ0v) is 13.0. The number of rotatable bonds is 4. The molecule has 1 aliphatic rings. The number of fused-ring (bicyclic) bond motifs is 1. The minimum Gasteiger partial charge on any atom is -0.489 e. The van der Waals surface area contributed by atoms with Gasteiger partial charge in [-0.1, -0.05) is 36.9 Å². The van der Waals surface area contributed by atoms with Crippen LogP contribution in [0.2, 0.25) is 0 Å². The highest BCUT2D eigenvalue weighted by Crippen LogP contribution is 2.45. The maximum atomic E-state index is 9.59. The third-order valence-corrected chi connectivity index (χ3v) is 3.83. The summed E-state index contributed by atoms with van der Waals surface area (Å²) in [5.41, 5.74) is 14.4. The van der Waals surface area contributed by atoms with Gasteiger partial charge >= 0.3 is 0 Å². The molecule has 0 radical (unpaired) electrons. The summed E-state index contributed by atoms with van der Waals surface area (Å²) in [6, 6.07) is 15.0. The van der Waals surface area contributed by atoms with Gasteiger partial charge in [0.05, 0.1) is 5.92 Å². The number of nitrogens with two attached hydrogens (primary N) is 2. The molecule has 4 N–H and O–H groups in total. The van der Waals surface area contributed by atoms with E-state index in [1.807, 2.05) is 30.3 Å². The highest BCUT2D eigenvalue weighted by molar-refractivity contribution is 5.61. The van der Waals surface area contributed by atoms with Crippen molar-refractivity contribution in [3.8, 4) is 17.6 Å². The Morgan fingerprint density at radius 2 is 2.00 bits per heavy atom. The first-order valence-corrected chi connectivity index (χ1v) is 7.45. The van der Waals surface area contributed by atoms with E-state index >= 15 is 0 Å². The van der Waals surface area contributed by atoms with Crippen LogP contribution in [0.1, 0.15) is 17.0 Å². The van der Waals surface area contributed by atoms with Crippen LogP contribution in [-0.2, 0) is 0 Å². The van der Waals surface area contributed by atoms with E-state index in [-0.39, 0.29) is 11.8 Å². The smallest absolute Gasteiger partial charge is 0.205 e. The van der Waals surface area contributed by atoms with Crippen LogP contribution in [0.15, 0.2) is 66.6 Å². The average molecular weight is 319 g/mol. The molecule has 0 fully saturated rings. The third-order valence-electron chi connectivity index (χ3n) is 3.83. The predicted octanol–water partition coefficient (Wildman–Crippen LogP) is 3.05. The molecule has 1 aliphatic heterocycles. The second kappa shape index (κ2) is 6.39. The molecule has 2 aromatic rings. The monoisotopic (exact) mass is 319 g/mol. The fourth-order valence-corrected chi connectivity index (χ4v) is 2.79. The Labute approximate surface area is 140 Å². The summed E-state index contributed by atoms with van der Waals surface area (Å²) in [5.74, 6) is 0.933. The molecule has 24 heavy (non-hydrogen) atoms. The number of anilines is 1. The maximum absolute atomic E-state index is 9.59. The molecule has 0 aromatic heterocycles. The van der Waals surface area contributed by atoms with Crippen molar-refractivity contribution in [2.75, 3.05) is 12.3 Å². The fraction of sp³-hybridized carbons (Fsp3) is 0.105. The van der Waals surface area contributed by atoms with Gasteiger partial charge in [-0.2, -0.15) is 5.26 Å². The van der Waals surface area contributed by atoms with Gasteiger partial charge in [0.15, 0.2) is 0 Å². The highest BCUT2D eigenvalue weighted by Gasteiger charge is 2.32. The second-order valence-corrected chi connectivity index (χ2v) is 5.36. The molecule has 3 rings (SSSR count). The Morgan fingerprint density at radius 1 is 1.21 bits per heavy atom. The lowest BCUT2D eigenvalue weighted by atomic mass is 9.83. The van der Waals surface area contributed by atoms with Crippen LogP contribution in [0.3, 0.4) is 0 Å². The Balaban J connectivity index is 2.19. The molecule has 5 heteroatoms. The quantitative estimate of drug-likeness (QED) is 0.667. The molecule has 120 valence electrons. The first-order valence-electron chi connectivity index (χ1n) is 7.45. The molecule has 1 atom stereocenters. The van der Waals surface area contributed by atoms with Crippen molar-refractivity contribution in [2.45, 2.75) is 5.92 Å². The molecular weight excluding hydrogens is 302 g/mol. The SMILES string of the molecule is C=CCOc1ccccc1[C@@H]1C(C#N)=C(N)Oc2cc(N)ccc21. The second-order valence-electron chi connectivity index (χ2n) is 5.36. The van der Waals surface area contributed by atoms with Gasteiger partial charge in [-0.15, -0.1) is 0 Å². The number of benzene rings is 2. The summed E-state index contributed by atoms with van der Waals surface area (Å²) in [5, 5.41) is 9.59. The predicted molar refractivity (Wildman–Crippen MR) is 92.3 cm³/mol. The Hall–Kier alpha value is -3.39. The standard InChI is InChI=1S/C19H17N3O2/c1-2-9-23-16-6-4-3-5-13(16)18-14-8-7-12(21)10-17(14)24-19(22)15(18)11-20/h2-8,10,18H,1,9,21-22H2/t18-/m0/s1. The van der Waals surface area contributed by atoms with Crippen molar-refractivity contribution in [2.24, 2.45) is 5.73 Å². The van der Waals surface area contributed by atoms with Gasteiger partial charge in [-0.25, -0.2) is 0 Å². The number of para-hydroxylation sites is 1. The minimum atomic E-state index is -0.375. The summed E-state index contributed by atoms with van der Waals surface area (Å²) in [6.45, 7) is 4.04. The topological polar surface area (TPSA) is 94.3 Å². The van der Waals surface area contributed by atoms with Gasteiger partial charge in [0.1, 0.15) is 29.7 Å². The van der Waals surface area contributed by atoms with Crippen molar-refractivity contribution in [1.82, 2.24) is 0 Å². The fourth-order valence-electron chi connectivity index (χ4n) is 2.79. The molecule has 0 aliphatic carbocycles. The molecule has 0 bridgehead atoms. The molecular formula is C19H17N3O2. The first kappa shape index (κ1) is 15.5. The number of ether oxygens (including phenoxy) is 2. The minimum absolute atomic E-state index is 0.0825. The summed E-state index contributed by atoms with van der Waals surface area (Å²) < 4.78 is 11.3. The van der Waals surface area contributed by atoms with E-state index < -0.39 is 0 Å². The summed E-state index contributed by atoms with van der Waals surface area (Å²) in [4.78, 5) is 0. The van der Waals surface area contributed by atoms with E-state index in [2.05, 4.69) is 12.6 Å². The van der Waals surface area contributed by atoms with Crippen molar-refractivity contribution in [3.63, 3.8) is 0 Å². The van der Waals surface area contributed by atoms with Crippen molar-refractivity contribution in [1.29, 1.82) is 5.26 Å². The number of hydrogen-bond donors (Lipinski definition) is 2. The van der Waals surface area contributed by atoms with Crippen molar-refractivity contribution < 1.29 is 9.47 Å². The lowest BCUT2D eigenvalue weighted by Crippen LogP contribution is -2.21. The molecule has 2 aromatic carbocycles. The van der Waals surface area contributed by atoms with Crippen LogP contribution >= 0.6 is 0 Å². The normalized spacial score (nSPS) is 15.9. The third kappa shape index (κ3) is 2.66. The lowest BCUT2D eigenvalue weighted by Gasteiger charge is -2.27. The van der Waals surface area contributed by atoms with E-state index in [1.165, 1.54) is 0 Å². The van der Waals surface area contributed by atoms with E-state index in [0.717, 1.165) is 11.1 Å². The van der Waals surface area contributed by atoms with Gasteiger partial charge < -0.3 is 20.9 Å². The van der Waals surface area contributed by atoms with Crippen LogP contribution in [-0.4, -0.2) is 6.61 Å². The largest absolute Gasteiger partial charge is 0.489 e. The van der Waals surface area contributed by atoms with E-state index in [0.29, 0.717) is 29.4 Å². The van der Waals surface area contributed by atoms with Crippen LogP contribution in [0.4, 0.5) is 5.69 Å². The van der Waals surface area contributed by atoms with Crippen molar-refractivity contribution in [3.05, 3.63) is 77.7 Å². The molecule has 0 saturated heterocycles. The molecule has 0 unspecified atom stereocenters.